The highest BCUT2D eigenvalue weighted by molar-refractivity contribution is 5.78. The first-order chi connectivity index (χ1) is 11.6. The first kappa shape index (κ1) is 15.7. The largest absolute Gasteiger partial charge is 0.349 e. The van der Waals surface area contributed by atoms with Gasteiger partial charge < -0.3 is 10.3 Å². The minimum Gasteiger partial charge on any atom is -0.349 e. The summed E-state index contributed by atoms with van der Waals surface area (Å²) in [4.78, 5) is 29.5. The highest BCUT2D eigenvalue weighted by Crippen LogP contribution is 2.18. The summed E-state index contributed by atoms with van der Waals surface area (Å²) in [5.74, 6) is 0.504. The van der Waals surface area contributed by atoms with Gasteiger partial charge in [-0.25, -0.2) is 4.98 Å². The molecule has 0 atom stereocenters. The highest BCUT2D eigenvalue weighted by Gasteiger charge is 2.10. The molecule has 2 aromatic carbocycles. The fourth-order valence-electron chi connectivity index (χ4n) is 2.42. The second-order valence-corrected chi connectivity index (χ2v) is 5.40. The molecule has 1 aromatic heterocycles. The van der Waals surface area contributed by atoms with E-state index in [1.54, 1.807) is 6.07 Å². The quantitative estimate of drug-likeness (QED) is 0.537. The Bertz CT molecular complexity index is 874. The monoisotopic (exact) mass is 324 g/mol. The number of carbonyl (C=O) groups excluding carboxylic acids is 1. The summed E-state index contributed by atoms with van der Waals surface area (Å²) in [6.45, 7) is 0.260. The smallest absolute Gasteiger partial charge is 0.271 e. The van der Waals surface area contributed by atoms with E-state index in [9.17, 15) is 14.9 Å². The number of H-pyrrole nitrogens is 1. The van der Waals surface area contributed by atoms with Crippen LogP contribution in [-0.2, 0) is 17.8 Å². The zero-order valence-electron chi connectivity index (χ0n) is 12.9. The fraction of sp³-hybridized carbons (Fsp3) is 0.176. The lowest BCUT2D eigenvalue weighted by atomic mass is 10.1. The summed E-state index contributed by atoms with van der Waals surface area (Å²) in [6, 6.07) is 14.2. The number of hydrogen-bond acceptors (Lipinski definition) is 4. The van der Waals surface area contributed by atoms with Crippen LogP contribution in [0.3, 0.4) is 0 Å². The molecule has 0 radical (unpaired) electrons. The lowest BCUT2D eigenvalue weighted by Gasteiger charge is -2.03. The van der Waals surface area contributed by atoms with Crippen molar-refractivity contribution in [2.45, 2.75) is 19.4 Å². The Kier molecular flexibility index (Phi) is 4.51. The van der Waals surface area contributed by atoms with Crippen LogP contribution in [0.15, 0.2) is 48.5 Å². The number of nitro benzene ring substituents is 1. The van der Waals surface area contributed by atoms with Crippen molar-refractivity contribution in [1.82, 2.24) is 15.3 Å². The van der Waals surface area contributed by atoms with E-state index in [4.69, 9.17) is 0 Å². The summed E-state index contributed by atoms with van der Waals surface area (Å²) in [5, 5.41) is 13.6. The minimum absolute atomic E-state index is 0.00426. The van der Waals surface area contributed by atoms with Crippen LogP contribution < -0.4 is 5.32 Å². The average Bonchev–Trinajstić information content (AvgIpc) is 3.01. The number of carbonyl (C=O) groups is 1. The molecule has 1 heterocycles. The van der Waals surface area contributed by atoms with Crippen LogP contribution in [0.25, 0.3) is 11.0 Å². The number of amides is 1. The van der Waals surface area contributed by atoms with Crippen molar-refractivity contribution >= 4 is 22.6 Å². The molecule has 122 valence electrons. The van der Waals surface area contributed by atoms with Gasteiger partial charge in [-0.15, -0.1) is 0 Å². The van der Waals surface area contributed by atoms with Gasteiger partial charge in [-0.3, -0.25) is 14.9 Å². The van der Waals surface area contributed by atoms with Gasteiger partial charge in [0, 0.05) is 18.6 Å². The molecular weight excluding hydrogens is 308 g/mol. The molecule has 0 spiro atoms. The van der Waals surface area contributed by atoms with E-state index in [0.717, 1.165) is 5.56 Å². The average molecular weight is 324 g/mol. The summed E-state index contributed by atoms with van der Waals surface area (Å²) < 4.78 is 0. The van der Waals surface area contributed by atoms with Crippen LogP contribution in [0.2, 0.25) is 0 Å². The number of aromatic nitrogens is 2. The number of non-ortho nitro benzene ring substituents is 1. The van der Waals surface area contributed by atoms with E-state index in [1.165, 1.54) is 12.1 Å². The van der Waals surface area contributed by atoms with Crippen LogP contribution in [0, 0.1) is 10.1 Å². The molecule has 1 amide bonds. The molecule has 3 rings (SSSR count). The van der Waals surface area contributed by atoms with Gasteiger partial charge in [-0.05, 0) is 18.1 Å². The standard InChI is InChI=1S/C17H16N4O3/c22-17(9-6-12-4-2-1-3-5-12)18-11-16-19-14-8-7-13(21(23)24)10-15(14)20-16/h1-5,7-8,10H,6,9,11H2,(H,18,22)(H,19,20). The van der Waals surface area contributed by atoms with Crippen molar-refractivity contribution in [2.75, 3.05) is 0 Å². The summed E-state index contributed by atoms with van der Waals surface area (Å²) in [7, 11) is 0. The van der Waals surface area contributed by atoms with Crippen LogP contribution >= 0.6 is 0 Å². The van der Waals surface area contributed by atoms with Crippen LogP contribution in [0.4, 0.5) is 5.69 Å². The molecule has 0 aliphatic rings. The number of hydrogen-bond donors (Lipinski definition) is 2. The maximum atomic E-state index is 11.9. The second-order valence-electron chi connectivity index (χ2n) is 5.40. The van der Waals surface area contributed by atoms with Crippen molar-refractivity contribution in [1.29, 1.82) is 0 Å². The van der Waals surface area contributed by atoms with Gasteiger partial charge in [-0.1, -0.05) is 30.3 Å². The number of benzene rings is 2. The zero-order valence-corrected chi connectivity index (χ0v) is 12.9. The number of rotatable bonds is 6. The summed E-state index contributed by atoms with van der Waals surface area (Å²) in [5.41, 5.74) is 2.33. The molecule has 7 nitrogen and oxygen atoms in total. The lowest BCUT2D eigenvalue weighted by Crippen LogP contribution is -2.23. The van der Waals surface area contributed by atoms with E-state index in [2.05, 4.69) is 15.3 Å². The van der Waals surface area contributed by atoms with Gasteiger partial charge in [0.1, 0.15) is 5.82 Å². The first-order valence-corrected chi connectivity index (χ1v) is 7.55. The maximum Gasteiger partial charge on any atom is 0.271 e. The number of nitrogens with one attached hydrogen (secondary N) is 2. The van der Waals surface area contributed by atoms with Crippen molar-refractivity contribution in [2.24, 2.45) is 0 Å². The number of nitro groups is 1. The molecule has 3 aromatic rings. The first-order valence-electron chi connectivity index (χ1n) is 7.55. The Balaban J connectivity index is 1.57. The number of aromatic amines is 1. The van der Waals surface area contributed by atoms with Crippen molar-refractivity contribution in [3.05, 3.63) is 70.0 Å². The van der Waals surface area contributed by atoms with Crippen LogP contribution in [0.5, 0.6) is 0 Å². The lowest BCUT2D eigenvalue weighted by molar-refractivity contribution is -0.384. The Labute approximate surface area is 137 Å². The molecule has 0 saturated heterocycles. The van der Waals surface area contributed by atoms with Crippen LogP contribution in [-0.4, -0.2) is 20.8 Å². The second kappa shape index (κ2) is 6.91. The molecule has 2 N–H and O–H groups in total. The third kappa shape index (κ3) is 3.75. The normalized spacial score (nSPS) is 10.7. The van der Waals surface area contributed by atoms with Gasteiger partial charge >= 0.3 is 0 Å². The van der Waals surface area contributed by atoms with E-state index in [0.29, 0.717) is 29.7 Å². The van der Waals surface area contributed by atoms with Crippen LogP contribution in [0.1, 0.15) is 17.8 Å². The Morgan fingerprint density at radius 1 is 1.21 bits per heavy atom. The third-order valence-corrected chi connectivity index (χ3v) is 3.66. The number of imidazole rings is 1. The van der Waals surface area contributed by atoms with Gasteiger partial charge in [0.25, 0.3) is 5.69 Å². The predicted molar refractivity (Wildman–Crippen MR) is 89.4 cm³/mol. The zero-order chi connectivity index (χ0) is 16.9. The van der Waals surface area contributed by atoms with Gasteiger partial charge in [-0.2, -0.15) is 0 Å². The van der Waals surface area contributed by atoms with Crippen molar-refractivity contribution in [3.63, 3.8) is 0 Å². The number of nitrogens with zero attached hydrogens (tertiary/aromatic N) is 2. The van der Waals surface area contributed by atoms with Gasteiger partial charge in [0.2, 0.25) is 5.91 Å². The Morgan fingerprint density at radius 3 is 2.75 bits per heavy atom. The molecule has 0 aliphatic heterocycles. The summed E-state index contributed by atoms with van der Waals surface area (Å²) in [6.07, 6.45) is 1.08. The van der Waals surface area contributed by atoms with Gasteiger partial charge in [0.05, 0.1) is 22.5 Å². The minimum atomic E-state index is -0.453. The molecule has 24 heavy (non-hydrogen) atoms. The Morgan fingerprint density at radius 2 is 2.00 bits per heavy atom. The number of aryl methyl sites for hydroxylation is 1. The Hall–Kier alpha value is -3.22. The van der Waals surface area contributed by atoms with E-state index >= 15 is 0 Å². The highest BCUT2D eigenvalue weighted by atomic mass is 16.6. The van der Waals surface area contributed by atoms with E-state index in [1.807, 2.05) is 30.3 Å². The van der Waals surface area contributed by atoms with Gasteiger partial charge in [0.15, 0.2) is 0 Å². The third-order valence-electron chi connectivity index (χ3n) is 3.66. The topological polar surface area (TPSA) is 101 Å². The molecule has 0 fully saturated rings. The summed E-state index contributed by atoms with van der Waals surface area (Å²) >= 11 is 0. The number of fused-ring (bicyclic) bond motifs is 1. The van der Waals surface area contributed by atoms with Crippen molar-refractivity contribution < 1.29 is 9.72 Å². The molecule has 0 aliphatic carbocycles. The molecule has 7 heteroatoms. The molecular formula is C17H16N4O3. The van der Waals surface area contributed by atoms with E-state index in [-0.39, 0.29) is 18.1 Å². The van der Waals surface area contributed by atoms with Crippen molar-refractivity contribution in [3.8, 4) is 0 Å². The SMILES string of the molecule is O=C(CCc1ccccc1)NCc1nc2ccc([N+](=O)[O-])cc2[nH]1. The fourth-order valence-corrected chi connectivity index (χ4v) is 2.42. The molecule has 0 unspecified atom stereocenters. The predicted octanol–water partition coefficient (Wildman–Crippen LogP) is 2.72. The molecule has 0 bridgehead atoms. The molecule has 0 saturated carbocycles. The van der Waals surface area contributed by atoms with E-state index < -0.39 is 4.92 Å². The maximum absolute atomic E-state index is 11.9.